The van der Waals surface area contributed by atoms with Crippen molar-refractivity contribution in [2.75, 3.05) is 19.0 Å². The first kappa shape index (κ1) is 22.2. The lowest BCUT2D eigenvalue weighted by atomic mass is 10.1. The number of ether oxygens (including phenoxy) is 2. The van der Waals surface area contributed by atoms with Gasteiger partial charge in [0.15, 0.2) is 6.61 Å². The Hall–Kier alpha value is -4.51. The second-order valence-corrected chi connectivity index (χ2v) is 6.57. The molecule has 0 unspecified atom stereocenters. The van der Waals surface area contributed by atoms with Crippen LogP contribution in [0.15, 0.2) is 76.9 Å². The largest absolute Gasteiger partial charge is 0.497 e. The molecule has 0 atom stereocenters. The predicted molar refractivity (Wildman–Crippen MR) is 118 cm³/mol. The Morgan fingerprint density at radius 2 is 1.78 bits per heavy atom. The molecule has 0 saturated heterocycles. The molecule has 2 amide bonds. The number of carbonyl (C=O) groups is 2. The molecular formula is C24H21N3O5. The van der Waals surface area contributed by atoms with E-state index in [4.69, 9.17) is 13.9 Å². The van der Waals surface area contributed by atoms with Crippen molar-refractivity contribution in [1.82, 2.24) is 5.32 Å². The molecule has 8 nitrogen and oxygen atoms in total. The van der Waals surface area contributed by atoms with Crippen LogP contribution in [-0.4, -0.2) is 25.5 Å². The number of rotatable bonds is 9. The van der Waals surface area contributed by atoms with E-state index in [0.29, 0.717) is 28.5 Å². The number of hydrogen-bond donors (Lipinski definition) is 2. The van der Waals surface area contributed by atoms with E-state index in [1.165, 1.54) is 12.3 Å². The summed E-state index contributed by atoms with van der Waals surface area (Å²) in [5, 5.41) is 14.7. The van der Waals surface area contributed by atoms with E-state index in [-0.39, 0.29) is 24.6 Å². The lowest BCUT2D eigenvalue weighted by Crippen LogP contribution is -2.28. The number of amides is 2. The average Bonchev–Trinajstić information content (AvgIpc) is 3.35. The first-order chi connectivity index (χ1) is 15.6. The smallest absolute Gasteiger partial charge is 0.266 e. The number of hydrogen-bond acceptors (Lipinski definition) is 6. The molecule has 0 spiro atoms. The molecule has 2 aromatic carbocycles. The minimum Gasteiger partial charge on any atom is -0.497 e. The number of anilines is 1. The summed E-state index contributed by atoms with van der Waals surface area (Å²) in [4.78, 5) is 24.2. The molecule has 0 aliphatic heterocycles. The third-order valence-corrected chi connectivity index (χ3v) is 4.31. The van der Waals surface area contributed by atoms with Gasteiger partial charge in [0.2, 0.25) is 0 Å². The molecule has 1 aromatic heterocycles. The van der Waals surface area contributed by atoms with Crippen molar-refractivity contribution >= 4 is 23.6 Å². The Balaban J connectivity index is 1.53. The second kappa shape index (κ2) is 11.0. The first-order valence-electron chi connectivity index (χ1n) is 9.66. The molecule has 2 N–H and O–H groups in total. The van der Waals surface area contributed by atoms with Crippen molar-refractivity contribution in [2.24, 2.45) is 0 Å². The molecule has 0 radical (unpaired) electrons. The van der Waals surface area contributed by atoms with Gasteiger partial charge in [-0.05, 0) is 60.2 Å². The number of nitrogens with one attached hydrogen (secondary N) is 2. The lowest BCUT2D eigenvalue weighted by molar-refractivity contribution is -0.123. The van der Waals surface area contributed by atoms with Crippen LogP contribution in [0.2, 0.25) is 0 Å². The molecule has 0 aliphatic rings. The van der Waals surface area contributed by atoms with Crippen LogP contribution in [0.1, 0.15) is 11.3 Å². The highest BCUT2D eigenvalue weighted by atomic mass is 16.5. The van der Waals surface area contributed by atoms with Gasteiger partial charge in [-0.2, -0.15) is 5.26 Å². The summed E-state index contributed by atoms with van der Waals surface area (Å²) in [6, 6.07) is 18.9. The van der Waals surface area contributed by atoms with E-state index in [1.54, 1.807) is 67.8 Å². The number of carbonyl (C=O) groups excluding carboxylic acids is 2. The summed E-state index contributed by atoms with van der Waals surface area (Å²) < 4.78 is 15.7. The van der Waals surface area contributed by atoms with Gasteiger partial charge in [0.25, 0.3) is 11.8 Å². The molecule has 0 saturated carbocycles. The normalized spacial score (nSPS) is 10.7. The van der Waals surface area contributed by atoms with E-state index < -0.39 is 5.91 Å². The highest BCUT2D eigenvalue weighted by Crippen LogP contribution is 2.17. The summed E-state index contributed by atoms with van der Waals surface area (Å²) >= 11 is 0. The third kappa shape index (κ3) is 6.50. The molecule has 0 fully saturated rings. The lowest BCUT2D eigenvalue weighted by Gasteiger charge is -2.07. The Labute approximate surface area is 185 Å². The minimum absolute atomic E-state index is 0.0493. The summed E-state index contributed by atoms with van der Waals surface area (Å²) in [7, 11) is 1.55. The van der Waals surface area contributed by atoms with Gasteiger partial charge in [-0.1, -0.05) is 12.1 Å². The Morgan fingerprint density at radius 1 is 1.06 bits per heavy atom. The van der Waals surface area contributed by atoms with Crippen molar-refractivity contribution in [1.29, 1.82) is 5.26 Å². The minimum atomic E-state index is -0.522. The standard InChI is InChI=1S/C24H21N3O5/c1-30-20-10-6-19(7-11-20)27-24(29)18(14-25)13-17-4-8-21(9-5-17)32-16-23(28)26-15-22-3-2-12-31-22/h2-13H,15-16H2,1H3,(H,26,28)(H,27,29)/b18-13+. The first-order valence-corrected chi connectivity index (χ1v) is 9.66. The van der Waals surface area contributed by atoms with Crippen LogP contribution in [-0.2, 0) is 16.1 Å². The van der Waals surface area contributed by atoms with Crippen LogP contribution in [0.25, 0.3) is 6.08 Å². The summed E-state index contributed by atoms with van der Waals surface area (Å²) in [6.07, 6.45) is 3.01. The van der Waals surface area contributed by atoms with Gasteiger partial charge >= 0.3 is 0 Å². The van der Waals surface area contributed by atoms with E-state index in [2.05, 4.69) is 10.6 Å². The topological polar surface area (TPSA) is 114 Å². The van der Waals surface area contributed by atoms with Crippen LogP contribution in [0, 0.1) is 11.3 Å². The second-order valence-electron chi connectivity index (χ2n) is 6.57. The van der Waals surface area contributed by atoms with E-state index >= 15 is 0 Å². The van der Waals surface area contributed by atoms with Gasteiger partial charge in [0.05, 0.1) is 19.9 Å². The maximum atomic E-state index is 12.4. The number of nitrogens with zero attached hydrogens (tertiary/aromatic N) is 1. The molecule has 3 aromatic rings. The van der Waals surface area contributed by atoms with E-state index in [9.17, 15) is 14.9 Å². The molecule has 3 rings (SSSR count). The quantitative estimate of drug-likeness (QED) is 0.396. The van der Waals surface area contributed by atoms with Gasteiger partial charge in [-0.25, -0.2) is 0 Å². The molecule has 1 heterocycles. The Kier molecular flexibility index (Phi) is 7.65. The maximum absolute atomic E-state index is 12.4. The molecule has 32 heavy (non-hydrogen) atoms. The number of furan rings is 1. The van der Waals surface area contributed by atoms with Crippen LogP contribution >= 0.6 is 0 Å². The van der Waals surface area contributed by atoms with Crippen molar-refractivity contribution in [3.8, 4) is 17.6 Å². The number of nitriles is 1. The van der Waals surface area contributed by atoms with Crippen molar-refractivity contribution in [2.45, 2.75) is 6.54 Å². The number of methoxy groups -OCH3 is 1. The Bertz CT molecular complexity index is 1110. The van der Waals surface area contributed by atoms with Gasteiger partial charge in [-0.15, -0.1) is 0 Å². The van der Waals surface area contributed by atoms with Gasteiger partial charge < -0.3 is 24.5 Å². The fourth-order valence-corrected chi connectivity index (χ4v) is 2.65. The molecular weight excluding hydrogens is 410 g/mol. The van der Waals surface area contributed by atoms with Crippen LogP contribution in [0.3, 0.4) is 0 Å². The van der Waals surface area contributed by atoms with E-state index in [0.717, 1.165) is 0 Å². The highest BCUT2D eigenvalue weighted by Gasteiger charge is 2.10. The van der Waals surface area contributed by atoms with Gasteiger partial charge in [0.1, 0.15) is 28.9 Å². The monoisotopic (exact) mass is 431 g/mol. The summed E-state index contributed by atoms with van der Waals surface area (Å²) in [6.45, 7) is 0.137. The van der Waals surface area contributed by atoms with E-state index in [1.807, 2.05) is 6.07 Å². The zero-order chi connectivity index (χ0) is 22.8. The number of benzene rings is 2. The molecule has 162 valence electrons. The zero-order valence-electron chi connectivity index (χ0n) is 17.3. The van der Waals surface area contributed by atoms with Crippen LogP contribution in [0.5, 0.6) is 11.5 Å². The maximum Gasteiger partial charge on any atom is 0.266 e. The Morgan fingerprint density at radius 3 is 2.41 bits per heavy atom. The summed E-state index contributed by atoms with van der Waals surface area (Å²) in [5.74, 6) is 0.991. The predicted octanol–water partition coefficient (Wildman–Crippen LogP) is 3.53. The van der Waals surface area contributed by atoms with Crippen LogP contribution < -0.4 is 20.1 Å². The third-order valence-electron chi connectivity index (χ3n) is 4.31. The van der Waals surface area contributed by atoms with Crippen molar-refractivity contribution in [3.05, 3.63) is 83.8 Å². The fourth-order valence-electron chi connectivity index (χ4n) is 2.65. The van der Waals surface area contributed by atoms with Crippen molar-refractivity contribution < 1.29 is 23.5 Å². The van der Waals surface area contributed by atoms with Crippen LogP contribution in [0.4, 0.5) is 5.69 Å². The molecule has 8 heteroatoms. The average molecular weight is 431 g/mol. The van der Waals surface area contributed by atoms with Crippen molar-refractivity contribution in [3.63, 3.8) is 0 Å². The highest BCUT2D eigenvalue weighted by molar-refractivity contribution is 6.09. The van der Waals surface area contributed by atoms with Gasteiger partial charge in [-0.3, -0.25) is 9.59 Å². The fraction of sp³-hybridized carbons (Fsp3) is 0.125. The zero-order valence-corrected chi connectivity index (χ0v) is 17.3. The molecule has 0 aliphatic carbocycles. The summed E-state index contributed by atoms with van der Waals surface area (Å²) in [5.41, 5.74) is 1.14. The van der Waals surface area contributed by atoms with Gasteiger partial charge in [0, 0.05) is 5.69 Å². The molecule has 0 bridgehead atoms. The SMILES string of the molecule is COc1ccc(NC(=O)/C(C#N)=C/c2ccc(OCC(=O)NCc3ccco3)cc2)cc1.